The van der Waals surface area contributed by atoms with Gasteiger partial charge >= 0.3 is 0 Å². The molecule has 0 bridgehead atoms. The third kappa shape index (κ3) is 2.09. The van der Waals surface area contributed by atoms with Crippen LogP contribution in [-0.2, 0) is 0 Å². The smallest absolute Gasteiger partial charge is 0.263 e. The van der Waals surface area contributed by atoms with Gasteiger partial charge in [-0.1, -0.05) is 13.8 Å². The maximum Gasteiger partial charge on any atom is 0.263 e. The molecule has 7 nitrogen and oxygen atoms in total. The van der Waals surface area contributed by atoms with E-state index >= 15 is 0 Å². The van der Waals surface area contributed by atoms with E-state index in [0.29, 0.717) is 35.2 Å². The van der Waals surface area contributed by atoms with Crippen LogP contribution in [0.5, 0.6) is 0 Å². The van der Waals surface area contributed by atoms with Crippen molar-refractivity contribution < 1.29 is 9.59 Å². The highest BCUT2D eigenvalue weighted by Crippen LogP contribution is 2.27. The second-order valence-electron chi connectivity index (χ2n) is 4.97. The number of fused-ring (bicyclic) bond motifs is 3. The van der Waals surface area contributed by atoms with Crippen molar-refractivity contribution in [2.24, 2.45) is 0 Å². The highest BCUT2D eigenvalue weighted by Gasteiger charge is 2.37. The second kappa shape index (κ2) is 5.25. The number of carbonyl (C=O) groups excluding carboxylic acids is 2. The van der Waals surface area contributed by atoms with Gasteiger partial charge in [0.05, 0.1) is 22.7 Å². The molecule has 0 fully saturated rings. The summed E-state index contributed by atoms with van der Waals surface area (Å²) in [6.45, 7) is 6.99. The van der Waals surface area contributed by atoms with Crippen LogP contribution in [0.15, 0.2) is 12.4 Å². The summed E-state index contributed by atoms with van der Waals surface area (Å²) in [5.41, 5.74) is 1.31. The molecule has 0 unspecified atom stereocenters. The Morgan fingerprint density at radius 2 is 1.95 bits per heavy atom. The molecule has 0 atom stereocenters. The van der Waals surface area contributed by atoms with E-state index in [1.54, 1.807) is 6.20 Å². The molecule has 0 saturated carbocycles. The van der Waals surface area contributed by atoms with E-state index in [0.717, 1.165) is 13.1 Å². The van der Waals surface area contributed by atoms with Crippen molar-refractivity contribution in [2.75, 3.05) is 26.2 Å². The molecule has 3 rings (SSSR count). The fraction of sp³-hybridized carbons (Fsp3) is 0.429. The second-order valence-corrected chi connectivity index (χ2v) is 4.97. The van der Waals surface area contributed by atoms with E-state index in [9.17, 15) is 9.59 Å². The van der Waals surface area contributed by atoms with E-state index in [2.05, 4.69) is 33.9 Å². The fourth-order valence-corrected chi connectivity index (χ4v) is 2.65. The number of aromatic nitrogens is 3. The first kappa shape index (κ1) is 13.7. The summed E-state index contributed by atoms with van der Waals surface area (Å²) in [5.74, 6) is -0.520. The van der Waals surface area contributed by atoms with Gasteiger partial charge in [-0.3, -0.25) is 19.6 Å². The highest BCUT2D eigenvalue weighted by molar-refractivity contribution is 6.25. The number of aromatic amines is 1. The van der Waals surface area contributed by atoms with Crippen molar-refractivity contribution in [1.82, 2.24) is 25.0 Å². The van der Waals surface area contributed by atoms with Gasteiger partial charge in [-0.15, -0.1) is 0 Å². The molecule has 3 heterocycles. The Morgan fingerprint density at radius 1 is 1.19 bits per heavy atom. The molecule has 0 aliphatic carbocycles. The topological polar surface area (TPSA) is 82.2 Å². The van der Waals surface area contributed by atoms with Gasteiger partial charge in [0.1, 0.15) is 0 Å². The van der Waals surface area contributed by atoms with Crippen LogP contribution in [0.4, 0.5) is 0 Å². The van der Waals surface area contributed by atoms with E-state index < -0.39 is 0 Å². The third-order valence-electron chi connectivity index (χ3n) is 3.95. The Labute approximate surface area is 121 Å². The molecule has 2 aromatic heterocycles. The Hall–Kier alpha value is -2.28. The minimum absolute atomic E-state index is 0.254. The summed E-state index contributed by atoms with van der Waals surface area (Å²) in [7, 11) is 0. The zero-order chi connectivity index (χ0) is 15.0. The van der Waals surface area contributed by atoms with E-state index in [4.69, 9.17) is 0 Å². The van der Waals surface area contributed by atoms with Gasteiger partial charge in [-0.25, -0.2) is 4.98 Å². The Balaban J connectivity index is 1.90. The van der Waals surface area contributed by atoms with Gasteiger partial charge in [0, 0.05) is 19.3 Å². The lowest BCUT2D eigenvalue weighted by molar-refractivity contribution is 0.0638. The number of imide groups is 1. The minimum atomic E-state index is -0.266. The SMILES string of the molecule is CCN(CC)CCN1C(=O)c2cnc3[nH]ncc3c2C1=O. The Kier molecular flexibility index (Phi) is 3.42. The highest BCUT2D eigenvalue weighted by atomic mass is 16.2. The van der Waals surface area contributed by atoms with Crippen molar-refractivity contribution in [1.29, 1.82) is 0 Å². The quantitative estimate of drug-likeness (QED) is 0.826. The lowest BCUT2D eigenvalue weighted by Crippen LogP contribution is -2.38. The number of pyridine rings is 1. The zero-order valence-electron chi connectivity index (χ0n) is 12.1. The first-order valence-corrected chi connectivity index (χ1v) is 7.08. The van der Waals surface area contributed by atoms with E-state index in [1.165, 1.54) is 11.1 Å². The van der Waals surface area contributed by atoms with E-state index in [1.807, 2.05) is 0 Å². The maximum atomic E-state index is 12.5. The molecule has 0 radical (unpaired) electrons. The van der Waals surface area contributed by atoms with Crippen molar-refractivity contribution in [3.63, 3.8) is 0 Å². The van der Waals surface area contributed by atoms with Crippen LogP contribution in [-0.4, -0.2) is 63.0 Å². The lowest BCUT2D eigenvalue weighted by Gasteiger charge is -2.21. The van der Waals surface area contributed by atoms with Gasteiger partial charge in [0.25, 0.3) is 11.8 Å². The number of amides is 2. The largest absolute Gasteiger partial charge is 0.302 e. The van der Waals surface area contributed by atoms with Crippen molar-refractivity contribution in [2.45, 2.75) is 13.8 Å². The van der Waals surface area contributed by atoms with Gasteiger partial charge in [0.15, 0.2) is 5.65 Å². The summed E-state index contributed by atoms with van der Waals surface area (Å²) in [6, 6.07) is 0. The van der Waals surface area contributed by atoms with Crippen LogP contribution >= 0.6 is 0 Å². The van der Waals surface area contributed by atoms with Crippen LogP contribution in [0, 0.1) is 0 Å². The minimum Gasteiger partial charge on any atom is -0.302 e. The molecule has 1 N–H and O–H groups in total. The van der Waals surface area contributed by atoms with Crippen LogP contribution < -0.4 is 0 Å². The molecular weight excluding hydrogens is 270 g/mol. The molecule has 2 aromatic rings. The molecular formula is C14H17N5O2. The van der Waals surface area contributed by atoms with Crippen molar-refractivity contribution in [3.05, 3.63) is 23.5 Å². The first-order chi connectivity index (χ1) is 10.2. The number of carbonyl (C=O) groups is 2. The number of rotatable bonds is 5. The average Bonchev–Trinajstić information content (AvgIpc) is 3.05. The number of likely N-dealkylation sites (N-methyl/N-ethyl adjacent to an activating group) is 1. The zero-order valence-corrected chi connectivity index (χ0v) is 12.1. The van der Waals surface area contributed by atoms with Crippen LogP contribution in [0.3, 0.4) is 0 Å². The van der Waals surface area contributed by atoms with Crippen molar-refractivity contribution in [3.8, 4) is 0 Å². The normalized spacial score (nSPS) is 14.5. The van der Waals surface area contributed by atoms with Crippen LogP contribution in [0.2, 0.25) is 0 Å². The molecule has 21 heavy (non-hydrogen) atoms. The van der Waals surface area contributed by atoms with E-state index in [-0.39, 0.29) is 11.8 Å². The number of H-pyrrole nitrogens is 1. The van der Waals surface area contributed by atoms with Gasteiger partial charge in [-0.2, -0.15) is 5.10 Å². The molecule has 0 spiro atoms. The molecule has 110 valence electrons. The molecule has 0 saturated heterocycles. The summed E-state index contributed by atoms with van der Waals surface area (Å²) in [4.78, 5) is 32.5. The summed E-state index contributed by atoms with van der Waals surface area (Å²) >= 11 is 0. The van der Waals surface area contributed by atoms with Gasteiger partial charge < -0.3 is 4.90 Å². The predicted octanol–water partition coefficient (Wildman–Crippen LogP) is 0.896. The monoisotopic (exact) mass is 287 g/mol. The third-order valence-corrected chi connectivity index (χ3v) is 3.95. The first-order valence-electron chi connectivity index (χ1n) is 7.08. The summed E-state index contributed by atoms with van der Waals surface area (Å²) in [6.07, 6.45) is 2.99. The maximum absolute atomic E-state index is 12.5. The Bertz CT molecular complexity index is 704. The van der Waals surface area contributed by atoms with Gasteiger partial charge in [0.2, 0.25) is 0 Å². The predicted molar refractivity (Wildman–Crippen MR) is 77.0 cm³/mol. The fourth-order valence-electron chi connectivity index (χ4n) is 2.65. The lowest BCUT2D eigenvalue weighted by atomic mass is 10.1. The number of nitrogens with zero attached hydrogens (tertiary/aromatic N) is 4. The molecule has 7 heteroatoms. The molecule has 1 aliphatic rings. The molecule has 0 aromatic carbocycles. The molecule has 2 amide bonds. The Morgan fingerprint density at radius 3 is 2.67 bits per heavy atom. The van der Waals surface area contributed by atoms with Crippen LogP contribution in [0.1, 0.15) is 34.6 Å². The van der Waals surface area contributed by atoms with Crippen molar-refractivity contribution >= 4 is 22.8 Å². The summed E-state index contributed by atoms with van der Waals surface area (Å²) in [5, 5.41) is 7.21. The average molecular weight is 287 g/mol. The van der Waals surface area contributed by atoms with Crippen LogP contribution in [0.25, 0.3) is 11.0 Å². The standard InChI is InChI=1S/C14H17N5O2/c1-3-18(4-2)5-6-19-13(20)10-7-15-12-9(8-16-17-12)11(10)14(19)21/h7-8H,3-6H2,1-2H3,(H,15,16,17). The summed E-state index contributed by atoms with van der Waals surface area (Å²) < 4.78 is 0. The number of hydrogen-bond donors (Lipinski definition) is 1. The number of nitrogens with one attached hydrogen (secondary N) is 1. The molecule has 1 aliphatic heterocycles. The number of hydrogen-bond acceptors (Lipinski definition) is 5. The van der Waals surface area contributed by atoms with Gasteiger partial charge in [-0.05, 0) is 13.1 Å².